The number of carbonyl (C=O) groups excluding carboxylic acids is 1. The number of piperazine rings is 1. The maximum atomic E-state index is 12.0. The number of hydrogen-bond donors (Lipinski definition) is 1. The minimum atomic E-state index is -0.155. The van der Waals surface area contributed by atoms with Gasteiger partial charge in [0.1, 0.15) is 10.1 Å². The largest absolute Gasteiger partial charge is 0.493 e. The number of rotatable bonds is 8. The van der Waals surface area contributed by atoms with Gasteiger partial charge in [0.25, 0.3) is 5.91 Å². The van der Waals surface area contributed by atoms with Crippen molar-refractivity contribution in [3.8, 4) is 5.75 Å². The summed E-state index contributed by atoms with van der Waals surface area (Å²) in [5.41, 5.74) is 2.25. The number of thiocarbonyl (C=S) groups is 1. The number of ether oxygens (including phenoxy) is 1. The highest BCUT2D eigenvalue weighted by Crippen LogP contribution is 2.31. The first-order valence-electron chi connectivity index (χ1n) is 10.7. The second-order valence-electron chi connectivity index (χ2n) is 7.84. The van der Waals surface area contributed by atoms with Crippen LogP contribution >= 0.6 is 39.9 Å². The number of nitrogens with one attached hydrogen (secondary N) is 1. The Morgan fingerprint density at radius 3 is 2.56 bits per heavy atom. The van der Waals surface area contributed by atoms with Crippen LogP contribution in [0.25, 0.3) is 6.08 Å². The van der Waals surface area contributed by atoms with E-state index < -0.39 is 0 Å². The topological polar surface area (TPSA) is 44.8 Å². The van der Waals surface area contributed by atoms with E-state index in [4.69, 9.17) is 17.0 Å². The van der Waals surface area contributed by atoms with Gasteiger partial charge in [-0.15, -0.1) is 0 Å². The Balaban J connectivity index is 1.23. The molecule has 0 aromatic heterocycles. The van der Waals surface area contributed by atoms with Gasteiger partial charge in [-0.05, 0) is 36.3 Å². The fraction of sp³-hybridized carbons (Fsp3) is 0.333. The Hall–Kier alpha value is -1.71. The quantitative estimate of drug-likeness (QED) is 0.307. The molecule has 4 rings (SSSR count). The van der Waals surface area contributed by atoms with Crippen LogP contribution in [0.3, 0.4) is 0 Å². The highest BCUT2D eigenvalue weighted by Gasteiger charge is 2.22. The number of benzene rings is 2. The molecule has 0 radical (unpaired) electrons. The van der Waals surface area contributed by atoms with Crippen LogP contribution in [0.15, 0.2) is 57.9 Å². The first-order chi connectivity index (χ1) is 15.6. The van der Waals surface area contributed by atoms with Crippen molar-refractivity contribution >= 4 is 56.2 Å². The molecule has 32 heavy (non-hydrogen) atoms. The number of halogens is 1. The van der Waals surface area contributed by atoms with E-state index in [0.29, 0.717) is 15.8 Å². The van der Waals surface area contributed by atoms with E-state index in [1.165, 1.54) is 17.3 Å². The van der Waals surface area contributed by atoms with Crippen LogP contribution < -0.4 is 10.1 Å². The molecule has 2 aromatic rings. The van der Waals surface area contributed by atoms with Crippen LogP contribution in [0.2, 0.25) is 0 Å². The second kappa shape index (κ2) is 11.4. The summed E-state index contributed by atoms with van der Waals surface area (Å²) in [6.07, 6.45) is 2.80. The number of hydrogen-bond acceptors (Lipinski definition) is 6. The summed E-state index contributed by atoms with van der Waals surface area (Å²) in [6.45, 7) is 7.08. The van der Waals surface area contributed by atoms with E-state index in [2.05, 4.69) is 61.4 Å². The summed E-state index contributed by atoms with van der Waals surface area (Å²) in [5.74, 6) is 0.622. The fourth-order valence-corrected chi connectivity index (χ4v) is 5.22. The third-order valence-corrected chi connectivity index (χ3v) is 7.15. The Bertz CT molecular complexity index is 992. The fourth-order valence-electron chi connectivity index (χ4n) is 3.81. The van der Waals surface area contributed by atoms with Crippen molar-refractivity contribution in [2.24, 2.45) is 0 Å². The molecule has 5 nitrogen and oxygen atoms in total. The lowest BCUT2D eigenvalue weighted by Gasteiger charge is -2.34. The first-order valence-corrected chi connectivity index (χ1v) is 12.7. The van der Waals surface area contributed by atoms with Gasteiger partial charge in [-0.3, -0.25) is 9.69 Å². The van der Waals surface area contributed by atoms with Crippen molar-refractivity contribution in [3.63, 3.8) is 0 Å². The van der Waals surface area contributed by atoms with Crippen LogP contribution in [0.4, 0.5) is 0 Å². The van der Waals surface area contributed by atoms with Crippen molar-refractivity contribution in [2.45, 2.75) is 13.0 Å². The molecule has 0 saturated carbocycles. The molecule has 0 atom stereocenters. The van der Waals surface area contributed by atoms with Crippen LogP contribution in [-0.4, -0.2) is 59.4 Å². The van der Waals surface area contributed by atoms with Gasteiger partial charge in [-0.1, -0.05) is 70.2 Å². The molecule has 0 spiro atoms. The monoisotopic (exact) mass is 531 g/mol. The molecular formula is C24H26BrN3O2S2. The molecule has 2 saturated heterocycles. The van der Waals surface area contributed by atoms with Crippen molar-refractivity contribution in [2.75, 3.05) is 39.3 Å². The van der Waals surface area contributed by atoms with E-state index in [9.17, 15) is 4.79 Å². The SMILES string of the molecule is O=C1NC(=S)SC1=Cc1cc(Br)ccc1OCCCN1CCN(Cc2ccccc2)CC1. The third-order valence-electron chi connectivity index (χ3n) is 5.49. The summed E-state index contributed by atoms with van der Waals surface area (Å²) in [6, 6.07) is 16.5. The number of amides is 1. The van der Waals surface area contributed by atoms with Gasteiger partial charge < -0.3 is 15.0 Å². The van der Waals surface area contributed by atoms with Gasteiger partial charge in [-0.25, -0.2) is 0 Å². The van der Waals surface area contributed by atoms with Gasteiger partial charge >= 0.3 is 0 Å². The van der Waals surface area contributed by atoms with Gasteiger partial charge in [0.15, 0.2) is 0 Å². The van der Waals surface area contributed by atoms with Crippen molar-refractivity contribution in [3.05, 3.63) is 69.0 Å². The minimum absolute atomic E-state index is 0.155. The molecule has 2 aliphatic heterocycles. The lowest BCUT2D eigenvalue weighted by Crippen LogP contribution is -2.46. The molecule has 0 unspecified atom stereocenters. The second-order valence-corrected chi connectivity index (χ2v) is 10.5. The summed E-state index contributed by atoms with van der Waals surface area (Å²) in [5, 5.41) is 2.65. The molecule has 2 aromatic carbocycles. The van der Waals surface area contributed by atoms with Crippen molar-refractivity contribution < 1.29 is 9.53 Å². The molecule has 2 aliphatic rings. The average Bonchev–Trinajstić information content (AvgIpc) is 3.11. The predicted molar refractivity (Wildman–Crippen MR) is 139 cm³/mol. The van der Waals surface area contributed by atoms with E-state index in [-0.39, 0.29) is 5.91 Å². The normalized spacial score (nSPS) is 18.8. The molecule has 2 heterocycles. The van der Waals surface area contributed by atoms with Gasteiger partial charge in [0.05, 0.1) is 11.5 Å². The highest BCUT2D eigenvalue weighted by molar-refractivity contribution is 9.10. The van der Waals surface area contributed by atoms with Gasteiger partial charge in [0, 0.05) is 49.3 Å². The first kappa shape index (κ1) is 23.4. The molecular weight excluding hydrogens is 506 g/mol. The maximum Gasteiger partial charge on any atom is 0.263 e. The summed E-state index contributed by atoms with van der Waals surface area (Å²) < 4.78 is 7.51. The summed E-state index contributed by atoms with van der Waals surface area (Å²) >= 11 is 9.86. The maximum absolute atomic E-state index is 12.0. The molecule has 8 heteroatoms. The predicted octanol–water partition coefficient (Wildman–Crippen LogP) is 4.52. The standard InChI is InChI=1S/C24H26BrN3O2S2/c25-20-7-8-21(19(15-20)16-22-23(29)26-24(31)32-22)30-14-4-9-27-10-12-28(13-11-27)17-18-5-2-1-3-6-18/h1-3,5-8,15-16H,4,9-14,17H2,(H,26,29,31). The Kier molecular flexibility index (Phi) is 8.37. The van der Waals surface area contributed by atoms with Crippen LogP contribution in [-0.2, 0) is 11.3 Å². The summed E-state index contributed by atoms with van der Waals surface area (Å²) in [4.78, 5) is 17.6. The molecule has 0 aliphatic carbocycles. The van der Waals surface area contributed by atoms with Crippen molar-refractivity contribution in [1.82, 2.24) is 15.1 Å². The van der Waals surface area contributed by atoms with Crippen LogP contribution in [0.1, 0.15) is 17.5 Å². The van der Waals surface area contributed by atoms with E-state index in [0.717, 1.165) is 61.5 Å². The van der Waals surface area contributed by atoms with Gasteiger partial charge in [-0.2, -0.15) is 0 Å². The van der Waals surface area contributed by atoms with E-state index in [1.54, 1.807) is 0 Å². The lowest BCUT2D eigenvalue weighted by molar-refractivity contribution is -0.115. The zero-order chi connectivity index (χ0) is 22.3. The van der Waals surface area contributed by atoms with E-state index in [1.807, 2.05) is 24.3 Å². The number of nitrogens with zero attached hydrogens (tertiary/aromatic N) is 2. The minimum Gasteiger partial charge on any atom is -0.493 e. The number of thioether (sulfide) groups is 1. The lowest BCUT2D eigenvalue weighted by atomic mass is 10.2. The molecule has 1 amide bonds. The summed E-state index contributed by atoms with van der Waals surface area (Å²) in [7, 11) is 0. The highest BCUT2D eigenvalue weighted by atomic mass is 79.9. The van der Waals surface area contributed by atoms with E-state index >= 15 is 0 Å². The molecule has 168 valence electrons. The van der Waals surface area contributed by atoms with Crippen LogP contribution in [0.5, 0.6) is 5.75 Å². The van der Waals surface area contributed by atoms with Crippen molar-refractivity contribution in [1.29, 1.82) is 0 Å². The molecule has 0 bridgehead atoms. The van der Waals surface area contributed by atoms with Crippen LogP contribution in [0, 0.1) is 0 Å². The average molecular weight is 533 g/mol. The zero-order valence-electron chi connectivity index (χ0n) is 17.8. The Morgan fingerprint density at radius 1 is 1.09 bits per heavy atom. The molecule has 2 fully saturated rings. The zero-order valence-corrected chi connectivity index (χ0v) is 21.0. The number of carbonyl (C=O) groups is 1. The smallest absolute Gasteiger partial charge is 0.263 e. The Morgan fingerprint density at radius 2 is 1.84 bits per heavy atom. The third kappa shape index (κ3) is 6.65. The van der Waals surface area contributed by atoms with Gasteiger partial charge in [0.2, 0.25) is 0 Å². The Labute approximate surface area is 207 Å². The molecule has 1 N–H and O–H groups in total.